The average molecular weight is 370 g/mol. The van der Waals surface area contributed by atoms with E-state index in [9.17, 15) is 18.3 Å². The molecule has 0 aliphatic carbocycles. The summed E-state index contributed by atoms with van der Waals surface area (Å²) < 4.78 is 31.8. The molecule has 0 radical (unpaired) electrons. The van der Waals surface area contributed by atoms with Crippen LogP contribution in [0.3, 0.4) is 0 Å². The molecule has 0 amide bonds. The lowest BCUT2D eigenvalue weighted by Crippen LogP contribution is -2.21. The van der Waals surface area contributed by atoms with Gasteiger partial charge in [-0.05, 0) is 61.3 Å². The smallest absolute Gasteiger partial charge is 0.386 e. The molecule has 0 atom stereocenters. The molecule has 1 N–H and O–H groups in total. The fourth-order valence-electron chi connectivity index (χ4n) is 1.54. The number of rotatable bonds is 0. The molecule has 6 heteroatoms. The minimum Gasteiger partial charge on any atom is -0.507 e. The maximum absolute atomic E-state index is 10.4. The molecule has 1 heterocycles. The van der Waals surface area contributed by atoms with E-state index in [1.165, 1.54) is 5.57 Å². The van der Waals surface area contributed by atoms with Crippen LogP contribution < -0.4 is 0 Å². The first-order chi connectivity index (χ1) is 9.50. The van der Waals surface area contributed by atoms with Crippen molar-refractivity contribution in [1.82, 2.24) is 4.90 Å². The Hall–Kier alpha value is -0.750. The van der Waals surface area contributed by atoms with Gasteiger partial charge in [-0.2, -0.15) is 13.2 Å². The van der Waals surface area contributed by atoms with Gasteiger partial charge < -0.3 is 10.0 Å². The number of hydrogen-bond donors (Lipinski definition) is 1. The molecular weight excluding hydrogens is 347 g/mol. The first-order valence-electron chi connectivity index (χ1n) is 6.68. The van der Waals surface area contributed by atoms with Gasteiger partial charge in [0.05, 0.1) is 4.48 Å². The fourth-order valence-corrected chi connectivity index (χ4v) is 2.01. The Morgan fingerprint density at radius 2 is 1.62 bits per heavy atom. The van der Waals surface area contributed by atoms with Gasteiger partial charge >= 0.3 is 6.18 Å². The van der Waals surface area contributed by atoms with Crippen LogP contribution in [0.15, 0.2) is 33.5 Å². The van der Waals surface area contributed by atoms with E-state index in [0.29, 0.717) is 5.76 Å². The van der Waals surface area contributed by atoms with Crippen molar-refractivity contribution in [3.63, 3.8) is 0 Å². The lowest BCUT2D eigenvalue weighted by molar-refractivity contribution is -0.110. The van der Waals surface area contributed by atoms with Crippen LogP contribution in [-0.4, -0.2) is 36.3 Å². The topological polar surface area (TPSA) is 23.5 Å². The summed E-state index contributed by atoms with van der Waals surface area (Å²) in [5, 5.41) is 9.95. The Kier molecular flexibility index (Phi) is 8.97. The van der Waals surface area contributed by atoms with Crippen molar-refractivity contribution >= 4 is 15.9 Å². The van der Waals surface area contributed by atoms with Gasteiger partial charge in [-0.1, -0.05) is 11.6 Å². The highest BCUT2D eigenvalue weighted by Crippen LogP contribution is 2.21. The average Bonchev–Trinajstić information content (AvgIpc) is 2.37. The molecule has 0 saturated heterocycles. The number of aliphatic hydroxyl groups is 1. The van der Waals surface area contributed by atoms with Crippen LogP contribution >= 0.6 is 15.9 Å². The summed E-state index contributed by atoms with van der Waals surface area (Å²) in [6, 6.07) is 0. The first-order valence-corrected chi connectivity index (χ1v) is 7.47. The van der Waals surface area contributed by atoms with Gasteiger partial charge in [-0.25, -0.2) is 0 Å². The number of aliphatic hydroxyl groups excluding tert-OH is 1. The van der Waals surface area contributed by atoms with E-state index in [1.54, 1.807) is 0 Å². The Bertz CT molecular complexity index is 419. The van der Waals surface area contributed by atoms with E-state index >= 15 is 0 Å². The van der Waals surface area contributed by atoms with Gasteiger partial charge in [0.1, 0.15) is 5.76 Å². The van der Waals surface area contributed by atoms with Gasteiger partial charge in [-0.15, -0.1) is 0 Å². The minimum atomic E-state index is -4.00. The lowest BCUT2D eigenvalue weighted by Gasteiger charge is -2.16. The van der Waals surface area contributed by atoms with Crippen LogP contribution in [0.2, 0.25) is 0 Å². The largest absolute Gasteiger partial charge is 0.507 e. The molecule has 21 heavy (non-hydrogen) atoms. The molecule has 0 saturated carbocycles. The molecule has 0 fully saturated rings. The number of halogens is 4. The van der Waals surface area contributed by atoms with Crippen molar-refractivity contribution in [1.29, 1.82) is 0 Å². The zero-order valence-corrected chi connectivity index (χ0v) is 14.5. The zero-order chi connectivity index (χ0) is 16.6. The predicted octanol–water partition coefficient (Wildman–Crippen LogP) is 5.34. The highest BCUT2D eigenvalue weighted by molar-refractivity contribution is 9.11. The molecule has 0 aromatic carbocycles. The first kappa shape index (κ1) is 20.2. The van der Waals surface area contributed by atoms with Crippen LogP contribution in [0.4, 0.5) is 13.2 Å². The highest BCUT2D eigenvalue weighted by atomic mass is 79.9. The summed E-state index contributed by atoms with van der Waals surface area (Å²) in [6.45, 7) is 6.35. The van der Waals surface area contributed by atoms with Crippen molar-refractivity contribution < 1.29 is 18.3 Å². The maximum Gasteiger partial charge on any atom is 0.386 e. The number of nitrogens with zero attached hydrogens (tertiary/aromatic N) is 1. The summed E-state index contributed by atoms with van der Waals surface area (Å²) in [5.74, 6) is 0.374. The van der Waals surface area contributed by atoms with Crippen molar-refractivity contribution in [3.8, 4) is 0 Å². The summed E-state index contributed by atoms with van der Waals surface area (Å²) in [4.78, 5) is 2.30. The molecule has 1 rings (SSSR count). The second-order valence-electron chi connectivity index (χ2n) is 5.24. The Labute approximate surface area is 133 Å². The monoisotopic (exact) mass is 369 g/mol. The van der Waals surface area contributed by atoms with Gasteiger partial charge in [-0.3, -0.25) is 0 Å². The molecule has 122 valence electrons. The number of allylic oxidation sites excluding steroid dienone is 3. The van der Waals surface area contributed by atoms with Crippen LogP contribution in [0.5, 0.6) is 0 Å². The number of hydrogen-bond acceptors (Lipinski definition) is 2. The molecule has 0 aromatic heterocycles. The van der Waals surface area contributed by atoms with E-state index in [1.807, 2.05) is 13.0 Å². The normalized spacial score (nSPS) is 27.4. The highest BCUT2D eigenvalue weighted by Gasteiger charge is 2.15. The van der Waals surface area contributed by atoms with Crippen LogP contribution in [0.1, 0.15) is 33.6 Å². The third-order valence-electron chi connectivity index (χ3n) is 2.90. The van der Waals surface area contributed by atoms with Crippen molar-refractivity contribution in [2.45, 2.75) is 39.8 Å². The Morgan fingerprint density at radius 1 is 1.14 bits per heavy atom. The SMILES string of the molecule is CC(F)(F)F.C\C1=C(O)/C(Br)=C\C=C(/C)CCN(C)CC1. The molecular formula is C15H23BrF3NO. The molecule has 0 spiro atoms. The summed E-state index contributed by atoms with van der Waals surface area (Å²) >= 11 is 3.40. The zero-order valence-electron chi connectivity index (χ0n) is 12.9. The Balaban J connectivity index is 0.000000690. The number of alkyl halides is 3. The van der Waals surface area contributed by atoms with Gasteiger partial charge in [0, 0.05) is 20.0 Å². The van der Waals surface area contributed by atoms with E-state index in [2.05, 4.69) is 40.9 Å². The van der Waals surface area contributed by atoms with E-state index in [0.717, 1.165) is 36.0 Å². The van der Waals surface area contributed by atoms with Gasteiger partial charge in [0.25, 0.3) is 0 Å². The van der Waals surface area contributed by atoms with Crippen LogP contribution in [-0.2, 0) is 0 Å². The molecule has 1 aliphatic rings. The Morgan fingerprint density at radius 3 is 2.14 bits per heavy atom. The van der Waals surface area contributed by atoms with Crippen LogP contribution in [0.25, 0.3) is 0 Å². The van der Waals surface area contributed by atoms with Crippen molar-refractivity contribution in [2.24, 2.45) is 0 Å². The molecule has 0 aromatic rings. The quantitative estimate of drug-likeness (QED) is 0.622. The van der Waals surface area contributed by atoms with E-state index < -0.39 is 6.18 Å². The summed E-state index contributed by atoms with van der Waals surface area (Å²) in [6.07, 6.45) is 1.98. The molecule has 0 unspecified atom stereocenters. The predicted molar refractivity (Wildman–Crippen MR) is 84.6 cm³/mol. The van der Waals surface area contributed by atoms with Crippen molar-refractivity contribution in [3.05, 3.63) is 33.5 Å². The molecule has 1 aliphatic heterocycles. The van der Waals surface area contributed by atoms with E-state index in [-0.39, 0.29) is 6.92 Å². The second-order valence-corrected chi connectivity index (χ2v) is 6.10. The lowest BCUT2D eigenvalue weighted by atomic mass is 10.1. The second kappa shape index (κ2) is 9.30. The summed E-state index contributed by atoms with van der Waals surface area (Å²) in [7, 11) is 2.12. The molecule has 0 bridgehead atoms. The third-order valence-corrected chi connectivity index (χ3v) is 3.54. The van der Waals surface area contributed by atoms with Crippen molar-refractivity contribution in [2.75, 3.05) is 20.1 Å². The summed E-state index contributed by atoms with van der Waals surface area (Å²) in [5.41, 5.74) is 2.36. The standard InChI is InChI=1S/C13H20BrNO.C2H3F3/c1-10-4-5-12(14)13(16)11(2)7-9-15(3)8-6-10;1-2(3,4)5/h4-5,16H,6-9H2,1-3H3;1H3/b10-4+,12-5+,13-11-;. The van der Waals surface area contributed by atoms with Gasteiger partial charge in [0.15, 0.2) is 0 Å². The molecule has 2 nitrogen and oxygen atoms in total. The fraction of sp³-hybridized carbons (Fsp3) is 0.600. The van der Waals surface area contributed by atoms with E-state index in [4.69, 9.17) is 0 Å². The maximum atomic E-state index is 10.4. The van der Waals surface area contributed by atoms with Crippen LogP contribution in [0, 0.1) is 0 Å². The minimum absolute atomic E-state index is 0.188. The third kappa shape index (κ3) is 11.6. The van der Waals surface area contributed by atoms with Gasteiger partial charge in [0.2, 0.25) is 0 Å².